The van der Waals surface area contributed by atoms with Gasteiger partial charge in [-0.1, -0.05) is 13.0 Å². The number of aromatic amines is 1. The van der Waals surface area contributed by atoms with Crippen LogP contribution in [0.3, 0.4) is 0 Å². The van der Waals surface area contributed by atoms with Gasteiger partial charge in [-0.25, -0.2) is 0 Å². The Bertz CT molecular complexity index is 1210. The number of ether oxygens (including phenoxy) is 1. The van der Waals surface area contributed by atoms with Crippen molar-refractivity contribution >= 4 is 5.78 Å². The van der Waals surface area contributed by atoms with Gasteiger partial charge in [-0.2, -0.15) is 0 Å². The molecule has 5 nitrogen and oxygen atoms in total. The number of hydrogen-bond donors (Lipinski definition) is 1. The molecule has 0 bridgehead atoms. The number of aromatic nitrogens is 2. The van der Waals surface area contributed by atoms with Crippen molar-refractivity contribution in [3.05, 3.63) is 80.5 Å². The number of nitrogens with one attached hydrogen (secondary N) is 1. The molecule has 0 fully saturated rings. The van der Waals surface area contributed by atoms with Gasteiger partial charge in [0.05, 0.1) is 6.61 Å². The van der Waals surface area contributed by atoms with Crippen LogP contribution in [-0.4, -0.2) is 22.4 Å². The second-order valence-electron chi connectivity index (χ2n) is 9.02. The van der Waals surface area contributed by atoms with Crippen LogP contribution in [0.4, 0.5) is 0 Å². The molecule has 5 heteroatoms. The van der Waals surface area contributed by atoms with Gasteiger partial charge in [0, 0.05) is 46.3 Å². The second kappa shape index (κ2) is 9.11. The summed E-state index contributed by atoms with van der Waals surface area (Å²) in [5.41, 5.74) is 6.87. The van der Waals surface area contributed by atoms with E-state index >= 15 is 0 Å². The van der Waals surface area contributed by atoms with Crippen LogP contribution in [-0.2, 0) is 12.8 Å². The first-order chi connectivity index (χ1) is 15.3. The average molecular weight is 431 g/mol. The largest absolute Gasteiger partial charge is 0.492 e. The minimum Gasteiger partial charge on any atom is -0.492 e. The Hall–Kier alpha value is -3.21. The maximum absolute atomic E-state index is 13.2. The first-order valence-corrected chi connectivity index (χ1v) is 11.3. The van der Waals surface area contributed by atoms with E-state index in [0.29, 0.717) is 30.1 Å². The molecule has 0 spiro atoms. The van der Waals surface area contributed by atoms with Crippen molar-refractivity contribution < 1.29 is 9.53 Å². The van der Waals surface area contributed by atoms with E-state index in [9.17, 15) is 9.59 Å². The number of aryl methyl sites for hydroxylation is 4. The summed E-state index contributed by atoms with van der Waals surface area (Å²) in [6.07, 6.45) is 4.45. The van der Waals surface area contributed by atoms with Crippen molar-refractivity contribution in [1.29, 1.82) is 0 Å². The van der Waals surface area contributed by atoms with Gasteiger partial charge in [0.25, 0.3) is 5.56 Å². The van der Waals surface area contributed by atoms with E-state index in [4.69, 9.17) is 4.74 Å². The van der Waals surface area contributed by atoms with Crippen molar-refractivity contribution in [2.24, 2.45) is 5.92 Å². The number of H-pyrrole nitrogens is 1. The van der Waals surface area contributed by atoms with E-state index in [1.165, 1.54) is 0 Å². The van der Waals surface area contributed by atoms with Gasteiger partial charge >= 0.3 is 0 Å². The first-order valence-electron chi connectivity index (χ1n) is 11.3. The molecule has 0 amide bonds. The molecule has 1 aliphatic rings. The Kier molecular flexibility index (Phi) is 6.26. The topological polar surface area (TPSA) is 72.0 Å². The van der Waals surface area contributed by atoms with Crippen LogP contribution in [0.2, 0.25) is 0 Å². The molecule has 1 N–H and O–H groups in total. The zero-order valence-corrected chi connectivity index (χ0v) is 19.2. The predicted octanol–water partition coefficient (Wildman–Crippen LogP) is 5.14. The quantitative estimate of drug-likeness (QED) is 0.569. The van der Waals surface area contributed by atoms with Gasteiger partial charge in [-0.3, -0.25) is 14.6 Å². The Morgan fingerprint density at radius 2 is 2.00 bits per heavy atom. The van der Waals surface area contributed by atoms with Crippen molar-refractivity contribution in [2.75, 3.05) is 6.61 Å². The molecule has 0 aliphatic carbocycles. The molecular formula is C27H30N2O3. The molecule has 3 heterocycles. The summed E-state index contributed by atoms with van der Waals surface area (Å²) in [7, 11) is 0. The van der Waals surface area contributed by atoms with Crippen LogP contribution in [0.1, 0.15) is 58.2 Å². The number of carbonyl (C=O) groups is 1. The number of carbonyl (C=O) groups excluding carboxylic acids is 1. The second-order valence-corrected chi connectivity index (χ2v) is 9.02. The highest BCUT2D eigenvalue weighted by Gasteiger charge is 2.21. The molecule has 4 rings (SSSR count). The summed E-state index contributed by atoms with van der Waals surface area (Å²) < 4.78 is 6.20. The Balaban J connectivity index is 1.68. The van der Waals surface area contributed by atoms with Crippen LogP contribution in [0.25, 0.3) is 11.1 Å². The first kappa shape index (κ1) is 22.0. The lowest BCUT2D eigenvalue weighted by Crippen LogP contribution is -2.17. The lowest BCUT2D eigenvalue weighted by molar-refractivity contribution is 0.0982. The molecule has 2 aromatic heterocycles. The molecule has 166 valence electrons. The minimum atomic E-state index is -0.106. The van der Waals surface area contributed by atoms with Crippen LogP contribution in [0.5, 0.6) is 5.75 Å². The fraction of sp³-hybridized carbons (Fsp3) is 0.370. The van der Waals surface area contributed by atoms with Crippen molar-refractivity contribution in [3.63, 3.8) is 0 Å². The normalized spacial score (nSPS) is 15.6. The van der Waals surface area contributed by atoms with Crippen molar-refractivity contribution in [2.45, 2.75) is 53.4 Å². The number of fused-ring (bicyclic) bond motifs is 1. The molecule has 1 aromatic carbocycles. The van der Waals surface area contributed by atoms with Crippen LogP contribution < -0.4 is 10.3 Å². The molecule has 1 aliphatic heterocycles. The third kappa shape index (κ3) is 4.67. The van der Waals surface area contributed by atoms with Crippen LogP contribution in [0, 0.1) is 26.7 Å². The fourth-order valence-electron chi connectivity index (χ4n) is 4.33. The van der Waals surface area contributed by atoms with Gasteiger partial charge in [0.1, 0.15) is 5.75 Å². The number of ketones is 1. The summed E-state index contributed by atoms with van der Waals surface area (Å²) in [6.45, 7) is 8.60. The molecule has 0 saturated carbocycles. The molecular weight excluding hydrogens is 400 g/mol. The van der Waals surface area contributed by atoms with Gasteiger partial charge in [-0.15, -0.1) is 0 Å². The standard InChI is InChI=1S/C27H30N2O3/c1-16-5-7-20-12-22(25(30)10-9-23-17(2)11-19(4)29-27(23)31)13-24(26(20)32-15-16)21-8-6-18(3)28-14-21/h6,8,11-14,16H,5,7,9-10,15H2,1-4H3,(H,29,31). The van der Waals surface area contributed by atoms with Crippen LogP contribution >= 0.6 is 0 Å². The van der Waals surface area contributed by atoms with E-state index in [1.54, 1.807) is 0 Å². The number of rotatable bonds is 5. The summed E-state index contributed by atoms with van der Waals surface area (Å²) >= 11 is 0. The van der Waals surface area contributed by atoms with Crippen molar-refractivity contribution in [3.8, 4) is 16.9 Å². The third-order valence-corrected chi connectivity index (χ3v) is 6.22. The highest BCUT2D eigenvalue weighted by atomic mass is 16.5. The number of nitrogens with zero attached hydrogens (tertiary/aromatic N) is 1. The van der Waals surface area contributed by atoms with E-state index in [-0.39, 0.29) is 17.8 Å². The number of hydrogen-bond acceptors (Lipinski definition) is 4. The van der Waals surface area contributed by atoms with Gasteiger partial charge < -0.3 is 9.72 Å². The van der Waals surface area contributed by atoms with E-state index in [0.717, 1.165) is 52.2 Å². The van der Waals surface area contributed by atoms with Crippen LogP contribution in [0.15, 0.2) is 41.3 Å². The van der Waals surface area contributed by atoms with E-state index in [1.807, 2.05) is 57.3 Å². The molecule has 32 heavy (non-hydrogen) atoms. The van der Waals surface area contributed by atoms with Gasteiger partial charge in [-0.05, 0) is 81.3 Å². The zero-order valence-electron chi connectivity index (χ0n) is 19.2. The number of Topliss-reactive ketones (excluding diaryl/α,β-unsaturated/α-hetero) is 1. The van der Waals surface area contributed by atoms with Gasteiger partial charge in [0.2, 0.25) is 0 Å². The molecule has 0 saturated heterocycles. The Morgan fingerprint density at radius 3 is 2.72 bits per heavy atom. The van der Waals surface area contributed by atoms with E-state index in [2.05, 4.69) is 16.9 Å². The van der Waals surface area contributed by atoms with Crippen molar-refractivity contribution in [1.82, 2.24) is 9.97 Å². The number of pyridine rings is 2. The molecule has 3 aromatic rings. The summed E-state index contributed by atoms with van der Waals surface area (Å²) in [6, 6.07) is 9.86. The summed E-state index contributed by atoms with van der Waals surface area (Å²) in [5.74, 6) is 1.36. The lowest BCUT2D eigenvalue weighted by atomic mass is 9.92. The third-order valence-electron chi connectivity index (χ3n) is 6.22. The number of benzene rings is 1. The molecule has 1 atom stereocenters. The van der Waals surface area contributed by atoms with E-state index < -0.39 is 0 Å². The predicted molar refractivity (Wildman–Crippen MR) is 127 cm³/mol. The summed E-state index contributed by atoms with van der Waals surface area (Å²) in [4.78, 5) is 32.8. The highest BCUT2D eigenvalue weighted by Crippen LogP contribution is 2.38. The SMILES string of the molecule is Cc1ccc(-c2cc(C(=O)CCc3c(C)cc(C)[nH]c3=O)cc3c2OCC(C)CC3)cn1. The molecule has 0 radical (unpaired) electrons. The summed E-state index contributed by atoms with van der Waals surface area (Å²) in [5, 5.41) is 0. The minimum absolute atomic E-state index is 0.0331. The molecule has 1 unspecified atom stereocenters. The zero-order chi connectivity index (χ0) is 22.8. The smallest absolute Gasteiger partial charge is 0.251 e. The Morgan fingerprint density at radius 1 is 1.19 bits per heavy atom. The fourth-order valence-corrected chi connectivity index (χ4v) is 4.33. The monoisotopic (exact) mass is 430 g/mol. The highest BCUT2D eigenvalue weighted by molar-refractivity contribution is 5.98. The lowest BCUT2D eigenvalue weighted by Gasteiger charge is -2.16. The van der Waals surface area contributed by atoms with Gasteiger partial charge in [0.15, 0.2) is 5.78 Å². The maximum Gasteiger partial charge on any atom is 0.251 e. The maximum atomic E-state index is 13.2. The average Bonchev–Trinajstić information content (AvgIpc) is 2.94. The Labute approximate surface area is 188 Å².